The Labute approximate surface area is 113 Å². The van der Waals surface area contributed by atoms with E-state index in [2.05, 4.69) is 17.2 Å². The predicted molar refractivity (Wildman–Crippen MR) is 75.3 cm³/mol. The summed E-state index contributed by atoms with van der Waals surface area (Å²) in [6.45, 7) is 5.55. The molecule has 0 radical (unpaired) electrons. The summed E-state index contributed by atoms with van der Waals surface area (Å²) in [7, 11) is 1.77. The molecule has 0 aliphatic carbocycles. The van der Waals surface area contributed by atoms with Crippen LogP contribution >= 0.6 is 11.6 Å². The Bertz CT molecular complexity index is 409. The molecule has 100 valence electrons. The number of carbonyl (C=O) groups is 1. The molecule has 0 aliphatic rings. The number of carbonyl (C=O) groups excluding carboxylic acids is 1. The van der Waals surface area contributed by atoms with Crippen molar-refractivity contribution < 1.29 is 4.79 Å². The second kappa shape index (κ2) is 7.21. The van der Waals surface area contributed by atoms with E-state index in [-0.39, 0.29) is 5.91 Å². The lowest BCUT2D eigenvalue weighted by Crippen LogP contribution is -2.28. The summed E-state index contributed by atoms with van der Waals surface area (Å²) in [5.41, 5.74) is 0.314. The number of hydrogen-bond acceptors (Lipinski definition) is 3. The largest absolute Gasteiger partial charge is 0.370 e. The molecule has 1 aromatic rings. The molecule has 0 bridgehead atoms. The van der Waals surface area contributed by atoms with Gasteiger partial charge in [0.2, 0.25) is 0 Å². The summed E-state index contributed by atoms with van der Waals surface area (Å²) in [5, 5.41) is 3.47. The maximum atomic E-state index is 12.2. The third-order valence-electron chi connectivity index (χ3n) is 2.60. The van der Waals surface area contributed by atoms with Crippen LogP contribution in [0.1, 0.15) is 37.2 Å². The SMILES string of the molecule is CCCCN(C)C(=O)c1nc(NCC)ccc1Cl. The highest BCUT2D eigenvalue weighted by Crippen LogP contribution is 2.18. The summed E-state index contributed by atoms with van der Waals surface area (Å²) < 4.78 is 0. The zero-order valence-corrected chi connectivity index (χ0v) is 11.9. The molecular formula is C13H20ClN3O. The van der Waals surface area contributed by atoms with Gasteiger partial charge >= 0.3 is 0 Å². The quantitative estimate of drug-likeness (QED) is 0.863. The highest BCUT2D eigenvalue weighted by molar-refractivity contribution is 6.33. The van der Waals surface area contributed by atoms with Crippen LogP contribution in [0.4, 0.5) is 5.82 Å². The fourth-order valence-corrected chi connectivity index (χ4v) is 1.74. The molecule has 4 nitrogen and oxygen atoms in total. The van der Waals surface area contributed by atoms with Gasteiger partial charge in [0.15, 0.2) is 0 Å². The second-order valence-corrected chi connectivity index (χ2v) is 4.54. The number of unbranched alkanes of at least 4 members (excludes halogenated alkanes) is 1. The van der Waals surface area contributed by atoms with Gasteiger partial charge in [0, 0.05) is 20.1 Å². The third kappa shape index (κ3) is 3.88. The van der Waals surface area contributed by atoms with E-state index in [4.69, 9.17) is 11.6 Å². The highest BCUT2D eigenvalue weighted by Gasteiger charge is 2.17. The van der Waals surface area contributed by atoms with Gasteiger partial charge in [0.05, 0.1) is 5.02 Å². The summed E-state index contributed by atoms with van der Waals surface area (Å²) >= 11 is 6.03. The first-order chi connectivity index (χ1) is 8.60. The van der Waals surface area contributed by atoms with Crippen LogP contribution in [-0.4, -0.2) is 35.9 Å². The average molecular weight is 270 g/mol. The van der Waals surface area contributed by atoms with E-state index in [0.717, 1.165) is 25.9 Å². The van der Waals surface area contributed by atoms with Gasteiger partial charge in [0.1, 0.15) is 11.5 Å². The first-order valence-electron chi connectivity index (χ1n) is 6.26. The van der Waals surface area contributed by atoms with Gasteiger partial charge < -0.3 is 10.2 Å². The Morgan fingerprint density at radius 2 is 2.17 bits per heavy atom. The highest BCUT2D eigenvalue weighted by atomic mass is 35.5. The molecule has 0 spiro atoms. The van der Waals surface area contributed by atoms with Crippen molar-refractivity contribution in [2.45, 2.75) is 26.7 Å². The Morgan fingerprint density at radius 3 is 2.78 bits per heavy atom. The van der Waals surface area contributed by atoms with E-state index >= 15 is 0 Å². The molecule has 1 amide bonds. The lowest BCUT2D eigenvalue weighted by molar-refractivity contribution is 0.0788. The number of anilines is 1. The van der Waals surface area contributed by atoms with E-state index in [1.54, 1.807) is 24.1 Å². The Morgan fingerprint density at radius 1 is 1.44 bits per heavy atom. The first-order valence-corrected chi connectivity index (χ1v) is 6.63. The predicted octanol–water partition coefficient (Wildman–Crippen LogP) is 3.04. The lowest BCUT2D eigenvalue weighted by Gasteiger charge is -2.17. The Kier molecular flexibility index (Phi) is 5.92. The van der Waals surface area contributed by atoms with Crippen LogP contribution in [0.2, 0.25) is 5.02 Å². The molecule has 5 heteroatoms. The second-order valence-electron chi connectivity index (χ2n) is 4.14. The van der Waals surface area contributed by atoms with Crippen molar-refractivity contribution in [3.63, 3.8) is 0 Å². The van der Waals surface area contributed by atoms with E-state index in [0.29, 0.717) is 16.5 Å². The first kappa shape index (κ1) is 14.8. The average Bonchev–Trinajstić information content (AvgIpc) is 2.37. The molecular weight excluding hydrogens is 250 g/mol. The molecule has 0 aromatic carbocycles. The molecule has 0 unspecified atom stereocenters. The maximum absolute atomic E-state index is 12.2. The van der Waals surface area contributed by atoms with Crippen molar-refractivity contribution in [1.29, 1.82) is 0 Å². The van der Waals surface area contributed by atoms with Crippen molar-refractivity contribution in [3.8, 4) is 0 Å². The molecule has 18 heavy (non-hydrogen) atoms. The van der Waals surface area contributed by atoms with Crippen LogP contribution in [-0.2, 0) is 0 Å². The van der Waals surface area contributed by atoms with Crippen molar-refractivity contribution in [3.05, 3.63) is 22.8 Å². The smallest absolute Gasteiger partial charge is 0.273 e. The minimum Gasteiger partial charge on any atom is -0.370 e. The van der Waals surface area contributed by atoms with Crippen molar-refractivity contribution >= 4 is 23.3 Å². The van der Waals surface area contributed by atoms with Crippen molar-refractivity contribution in [1.82, 2.24) is 9.88 Å². The molecule has 0 aliphatic heterocycles. The number of nitrogens with zero attached hydrogens (tertiary/aromatic N) is 2. The van der Waals surface area contributed by atoms with Gasteiger partial charge in [-0.1, -0.05) is 24.9 Å². The zero-order chi connectivity index (χ0) is 13.5. The maximum Gasteiger partial charge on any atom is 0.273 e. The third-order valence-corrected chi connectivity index (χ3v) is 2.91. The lowest BCUT2D eigenvalue weighted by atomic mass is 10.2. The van der Waals surface area contributed by atoms with Crippen LogP contribution in [0.3, 0.4) is 0 Å². The standard InChI is InChI=1S/C13H20ClN3O/c1-4-6-9-17(3)13(18)12-10(14)7-8-11(16-12)15-5-2/h7-8H,4-6,9H2,1-3H3,(H,15,16). The van der Waals surface area contributed by atoms with Crippen LogP contribution in [0.5, 0.6) is 0 Å². The van der Waals surface area contributed by atoms with Gasteiger partial charge in [-0.3, -0.25) is 4.79 Å². The Balaban J connectivity index is 2.86. The number of rotatable bonds is 6. The molecule has 0 saturated carbocycles. The monoisotopic (exact) mass is 269 g/mol. The molecule has 1 rings (SSSR count). The Hall–Kier alpha value is -1.29. The van der Waals surface area contributed by atoms with Crippen molar-refractivity contribution in [2.24, 2.45) is 0 Å². The summed E-state index contributed by atoms with van der Waals surface area (Å²) in [6.07, 6.45) is 2.03. The molecule has 0 fully saturated rings. The van der Waals surface area contributed by atoms with Crippen LogP contribution in [0, 0.1) is 0 Å². The number of halogens is 1. The van der Waals surface area contributed by atoms with E-state index in [1.807, 2.05) is 6.92 Å². The van der Waals surface area contributed by atoms with Gasteiger partial charge in [-0.2, -0.15) is 0 Å². The summed E-state index contributed by atoms with van der Waals surface area (Å²) in [4.78, 5) is 18.1. The number of pyridine rings is 1. The zero-order valence-electron chi connectivity index (χ0n) is 11.2. The normalized spacial score (nSPS) is 10.2. The van der Waals surface area contributed by atoms with Crippen molar-refractivity contribution in [2.75, 3.05) is 25.5 Å². The van der Waals surface area contributed by atoms with Gasteiger partial charge in [-0.15, -0.1) is 0 Å². The molecule has 0 saturated heterocycles. The molecule has 1 heterocycles. The minimum atomic E-state index is -0.131. The van der Waals surface area contributed by atoms with E-state index < -0.39 is 0 Å². The summed E-state index contributed by atoms with van der Waals surface area (Å²) in [6, 6.07) is 3.47. The number of nitrogens with one attached hydrogen (secondary N) is 1. The number of amides is 1. The molecule has 0 atom stereocenters. The van der Waals surface area contributed by atoms with Gasteiger partial charge in [-0.05, 0) is 25.5 Å². The fourth-order valence-electron chi connectivity index (χ4n) is 1.55. The summed E-state index contributed by atoms with van der Waals surface area (Å²) in [5.74, 6) is 0.544. The van der Waals surface area contributed by atoms with Crippen LogP contribution in [0.25, 0.3) is 0 Å². The van der Waals surface area contributed by atoms with Crippen LogP contribution < -0.4 is 5.32 Å². The molecule has 1 aromatic heterocycles. The fraction of sp³-hybridized carbons (Fsp3) is 0.538. The van der Waals surface area contributed by atoms with Gasteiger partial charge in [-0.25, -0.2) is 4.98 Å². The number of aromatic nitrogens is 1. The topological polar surface area (TPSA) is 45.2 Å². The minimum absolute atomic E-state index is 0.131. The van der Waals surface area contributed by atoms with Gasteiger partial charge in [0.25, 0.3) is 5.91 Å². The van der Waals surface area contributed by atoms with E-state index in [9.17, 15) is 4.79 Å². The number of hydrogen-bond donors (Lipinski definition) is 1. The van der Waals surface area contributed by atoms with E-state index in [1.165, 1.54) is 0 Å². The molecule has 1 N–H and O–H groups in total. The van der Waals surface area contributed by atoms with Crippen LogP contribution in [0.15, 0.2) is 12.1 Å².